The molecule has 0 spiro atoms. The van der Waals surface area contributed by atoms with E-state index in [-0.39, 0.29) is 11.6 Å². The zero-order valence-electron chi connectivity index (χ0n) is 11.6. The Morgan fingerprint density at radius 3 is 2.90 bits per heavy atom. The summed E-state index contributed by atoms with van der Waals surface area (Å²) in [5.74, 6) is -0.639. The maximum Gasteiger partial charge on any atom is 0.267 e. The van der Waals surface area contributed by atoms with E-state index in [0.717, 1.165) is 5.69 Å². The third kappa shape index (κ3) is 3.05. The lowest BCUT2D eigenvalue weighted by Gasteiger charge is -2.34. The van der Waals surface area contributed by atoms with E-state index in [2.05, 4.69) is 4.98 Å². The van der Waals surface area contributed by atoms with Crippen LogP contribution in [0.15, 0.2) is 18.3 Å². The predicted octanol–water partition coefficient (Wildman–Crippen LogP) is -0.526. The molecule has 2 heterocycles. The minimum Gasteiger partial charge on any atom is -0.366 e. The lowest BCUT2D eigenvalue weighted by molar-refractivity contribution is -0.141. The fourth-order valence-electron chi connectivity index (χ4n) is 2.07. The first-order valence-electron chi connectivity index (χ1n) is 6.32. The molecule has 2 N–H and O–H groups in total. The van der Waals surface area contributed by atoms with Crippen molar-refractivity contribution in [1.82, 2.24) is 9.88 Å². The van der Waals surface area contributed by atoms with Gasteiger partial charge in [-0.25, -0.2) is 0 Å². The SMILES string of the molecule is CN(C)C(=O)C1CN(c2ccnc(C(N)=O)c2)CCO1. The summed E-state index contributed by atoms with van der Waals surface area (Å²) in [7, 11) is 3.39. The van der Waals surface area contributed by atoms with Gasteiger partial charge in [0.05, 0.1) is 13.2 Å². The smallest absolute Gasteiger partial charge is 0.267 e. The van der Waals surface area contributed by atoms with E-state index in [9.17, 15) is 9.59 Å². The monoisotopic (exact) mass is 278 g/mol. The number of rotatable bonds is 3. The van der Waals surface area contributed by atoms with Crippen molar-refractivity contribution in [3.8, 4) is 0 Å². The molecule has 2 rings (SSSR count). The van der Waals surface area contributed by atoms with Gasteiger partial charge in [0.1, 0.15) is 5.69 Å². The van der Waals surface area contributed by atoms with Crippen molar-refractivity contribution >= 4 is 17.5 Å². The molecular formula is C13H18N4O3. The molecule has 108 valence electrons. The number of morpholine rings is 1. The third-order valence-electron chi connectivity index (χ3n) is 3.14. The molecule has 2 amide bonds. The highest BCUT2D eigenvalue weighted by atomic mass is 16.5. The minimum atomic E-state index is -0.568. The Balaban J connectivity index is 2.14. The summed E-state index contributed by atoms with van der Waals surface area (Å²) in [5.41, 5.74) is 6.25. The van der Waals surface area contributed by atoms with Crippen molar-refractivity contribution in [2.24, 2.45) is 5.73 Å². The molecule has 1 fully saturated rings. The predicted molar refractivity (Wildman–Crippen MR) is 73.4 cm³/mol. The molecule has 20 heavy (non-hydrogen) atoms. The number of ether oxygens (including phenoxy) is 1. The number of hydrogen-bond donors (Lipinski definition) is 1. The van der Waals surface area contributed by atoms with E-state index in [1.165, 1.54) is 11.1 Å². The molecule has 0 bridgehead atoms. The summed E-state index contributed by atoms with van der Waals surface area (Å²) in [5, 5.41) is 0. The first-order chi connectivity index (χ1) is 9.49. The number of nitrogens with zero attached hydrogens (tertiary/aromatic N) is 3. The van der Waals surface area contributed by atoms with Gasteiger partial charge in [-0.3, -0.25) is 14.6 Å². The number of hydrogen-bond acceptors (Lipinski definition) is 5. The topological polar surface area (TPSA) is 88.8 Å². The Labute approximate surface area is 117 Å². The summed E-state index contributed by atoms with van der Waals surface area (Å²) in [6.07, 6.45) is 1.04. The van der Waals surface area contributed by atoms with Crippen LogP contribution >= 0.6 is 0 Å². The highest BCUT2D eigenvalue weighted by Gasteiger charge is 2.28. The molecule has 1 aromatic rings. The normalized spacial score (nSPS) is 18.7. The maximum absolute atomic E-state index is 11.9. The number of pyridine rings is 1. The molecule has 1 unspecified atom stereocenters. The Hall–Kier alpha value is -2.15. The summed E-state index contributed by atoms with van der Waals surface area (Å²) < 4.78 is 5.49. The van der Waals surface area contributed by atoms with E-state index < -0.39 is 12.0 Å². The zero-order valence-corrected chi connectivity index (χ0v) is 11.6. The molecule has 1 atom stereocenters. The Morgan fingerprint density at radius 2 is 2.25 bits per heavy atom. The minimum absolute atomic E-state index is 0.0705. The molecule has 0 radical (unpaired) electrons. The molecule has 1 aliphatic rings. The number of amides is 2. The van der Waals surface area contributed by atoms with Gasteiger partial charge >= 0.3 is 0 Å². The van der Waals surface area contributed by atoms with E-state index in [1.54, 1.807) is 26.2 Å². The van der Waals surface area contributed by atoms with Crippen LogP contribution in [0.1, 0.15) is 10.5 Å². The van der Waals surface area contributed by atoms with Crippen LogP contribution in [0.3, 0.4) is 0 Å². The molecule has 0 saturated carbocycles. The Bertz CT molecular complexity index is 518. The summed E-state index contributed by atoms with van der Waals surface area (Å²) in [4.78, 5) is 30.5. The fraction of sp³-hybridized carbons (Fsp3) is 0.462. The third-order valence-corrected chi connectivity index (χ3v) is 3.14. The largest absolute Gasteiger partial charge is 0.366 e. The summed E-state index contributed by atoms with van der Waals surface area (Å²) >= 11 is 0. The van der Waals surface area contributed by atoms with Crippen molar-refractivity contribution in [2.75, 3.05) is 38.7 Å². The standard InChI is InChI=1S/C13H18N4O3/c1-16(2)13(19)11-8-17(5-6-20-11)9-3-4-15-10(7-9)12(14)18/h3-4,7,11H,5-6,8H2,1-2H3,(H2,14,18). The van der Waals surface area contributed by atoms with Gasteiger partial charge in [-0.2, -0.15) is 0 Å². The van der Waals surface area contributed by atoms with Crippen LogP contribution in [0, 0.1) is 0 Å². The van der Waals surface area contributed by atoms with Gasteiger partial charge in [-0.05, 0) is 12.1 Å². The van der Waals surface area contributed by atoms with E-state index in [4.69, 9.17) is 10.5 Å². The highest BCUT2D eigenvalue weighted by molar-refractivity contribution is 5.91. The van der Waals surface area contributed by atoms with Gasteiger partial charge in [-0.1, -0.05) is 0 Å². The average Bonchev–Trinajstić information content (AvgIpc) is 2.46. The number of likely N-dealkylation sites (N-methyl/N-ethyl adjacent to an activating group) is 1. The van der Waals surface area contributed by atoms with Crippen LogP contribution in [0.25, 0.3) is 0 Å². The van der Waals surface area contributed by atoms with Crippen LogP contribution in [0.4, 0.5) is 5.69 Å². The molecule has 7 heteroatoms. The maximum atomic E-state index is 11.9. The Morgan fingerprint density at radius 1 is 1.50 bits per heavy atom. The number of carbonyl (C=O) groups is 2. The second-order valence-corrected chi connectivity index (χ2v) is 4.80. The van der Waals surface area contributed by atoms with Crippen molar-refractivity contribution < 1.29 is 14.3 Å². The van der Waals surface area contributed by atoms with Crippen LogP contribution in [0.5, 0.6) is 0 Å². The summed E-state index contributed by atoms with van der Waals surface area (Å²) in [6, 6.07) is 3.42. The lowest BCUT2D eigenvalue weighted by atomic mass is 10.2. The number of aromatic nitrogens is 1. The lowest BCUT2D eigenvalue weighted by Crippen LogP contribution is -2.49. The number of nitrogens with two attached hydrogens (primary N) is 1. The van der Waals surface area contributed by atoms with E-state index in [0.29, 0.717) is 19.7 Å². The molecule has 1 aliphatic heterocycles. The molecule has 0 aromatic carbocycles. The Kier molecular flexibility index (Phi) is 4.19. The highest BCUT2D eigenvalue weighted by Crippen LogP contribution is 2.18. The zero-order chi connectivity index (χ0) is 14.7. The number of carbonyl (C=O) groups excluding carboxylic acids is 2. The molecule has 7 nitrogen and oxygen atoms in total. The number of primary amides is 1. The van der Waals surface area contributed by atoms with Crippen LogP contribution in [-0.2, 0) is 9.53 Å². The average molecular weight is 278 g/mol. The van der Waals surface area contributed by atoms with Gasteiger partial charge < -0.3 is 20.3 Å². The van der Waals surface area contributed by atoms with E-state index in [1.807, 2.05) is 4.90 Å². The van der Waals surface area contributed by atoms with Crippen molar-refractivity contribution in [3.63, 3.8) is 0 Å². The molecule has 1 aromatic heterocycles. The van der Waals surface area contributed by atoms with Gasteiger partial charge in [0.15, 0.2) is 6.10 Å². The fourth-order valence-corrected chi connectivity index (χ4v) is 2.07. The van der Waals surface area contributed by atoms with Gasteiger partial charge in [0, 0.05) is 32.5 Å². The molecule has 1 saturated heterocycles. The van der Waals surface area contributed by atoms with Crippen molar-refractivity contribution in [2.45, 2.75) is 6.10 Å². The second kappa shape index (κ2) is 5.87. The van der Waals surface area contributed by atoms with Crippen molar-refractivity contribution in [1.29, 1.82) is 0 Å². The van der Waals surface area contributed by atoms with Crippen LogP contribution in [0.2, 0.25) is 0 Å². The van der Waals surface area contributed by atoms with Gasteiger partial charge in [-0.15, -0.1) is 0 Å². The first-order valence-corrected chi connectivity index (χ1v) is 6.32. The molecular weight excluding hydrogens is 260 g/mol. The van der Waals surface area contributed by atoms with Crippen LogP contribution < -0.4 is 10.6 Å². The van der Waals surface area contributed by atoms with Crippen LogP contribution in [-0.4, -0.2) is 61.6 Å². The van der Waals surface area contributed by atoms with E-state index >= 15 is 0 Å². The van der Waals surface area contributed by atoms with Gasteiger partial charge in [0.2, 0.25) is 0 Å². The van der Waals surface area contributed by atoms with Crippen molar-refractivity contribution in [3.05, 3.63) is 24.0 Å². The second-order valence-electron chi connectivity index (χ2n) is 4.80. The number of anilines is 1. The molecule has 0 aliphatic carbocycles. The van der Waals surface area contributed by atoms with Gasteiger partial charge in [0.25, 0.3) is 11.8 Å². The first kappa shape index (κ1) is 14.3. The quantitative estimate of drug-likeness (QED) is 0.803. The summed E-state index contributed by atoms with van der Waals surface area (Å²) in [6.45, 7) is 1.55.